The first kappa shape index (κ1) is 14.2. The van der Waals surface area contributed by atoms with Gasteiger partial charge in [-0.1, -0.05) is 5.16 Å². The molecule has 0 bridgehead atoms. The molecule has 0 fully saturated rings. The van der Waals surface area contributed by atoms with E-state index in [4.69, 9.17) is 4.52 Å². The molecule has 0 aliphatic rings. The van der Waals surface area contributed by atoms with Gasteiger partial charge in [-0.3, -0.25) is 0 Å². The van der Waals surface area contributed by atoms with E-state index in [1.807, 2.05) is 0 Å². The molecule has 2 aromatic heterocycles. The topological polar surface area (TPSA) is 63.0 Å². The van der Waals surface area contributed by atoms with Crippen molar-refractivity contribution in [3.63, 3.8) is 0 Å². The molecule has 0 amide bonds. The number of hydrogen-bond donors (Lipinski definition) is 2. The van der Waals surface area contributed by atoms with Crippen LogP contribution >= 0.6 is 0 Å². The first-order chi connectivity index (χ1) is 9.38. The molecule has 8 heteroatoms. The standard InChI is InChI=1S/C12H13F3N4O/c1-7-3-9(20-19-7)6-17-11-5-8(12(13,14)15)4-10(16-2)18-11/h3-5H,6H2,1-2H3,(H2,16,17,18). The fourth-order valence-corrected chi connectivity index (χ4v) is 1.59. The third-order valence-electron chi connectivity index (χ3n) is 2.53. The number of aryl methyl sites for hydroxylation is 1. The Hall–Kier alpha value is -2.25. The Bertz CT molecular complexity index is 595. The highest BCUT2D eigenvalue weighted by Crippen LogP contribution is 2.32. The van der Waals surface area contributed by atoms with E-state index in [0.717, 1.165) is 12.1 Å². The normalized spacial score (nSPS) is 11.4. The number of alkyl halides is 3. The summed E-state index contributed by atoms with van der Waals surface area (Å²) in [4.78, 5) is 4.00. The lowest BCUT2D eigenvalue weighted by Crippen LogP contribution is -2.09. The average Bonchev–Trinajstić information content (AvgIpc) is 2.81. The molecule has 108 valence electrons. The van der Waals surface area contributed by atoms with Crippen LogP contribution in [0.25, 0.3) is 0 Å². The zero-order chi connectivity index (χ0) is 14.8. The predicted molar refractivity (Wildman–Crippen MR) is 67.4 cm³/mol. The summed E-state index contributed by atoms with van der Waals surface area (Å²) in [6.45, 7) is 1.97. The van der Waals surface area contributed by atoms with Crippen LogP contribution in [0, 0.1) is 6.92 Å². The van der Waals surface area contributed by atoms with E-state index < -0.39 is 11.7 Å². The van der Waals surface area contributed by atoms with E-state index >= 15 is 0 Å². The summed E-state index contributed by atoms with van der Waals surface area (Å²) >= 11 is 0. The Balaban J connectivity index is 2.18. The number of hydrogen-bond acceptors (Lipinski definition) is 5. The van der Waals surface area contributed by atoms with Crippen molar-refractivity contribution in [1.29, 1.82) is 0 Å². The molecule has 0 aromatic carbocycles. The van der Waals surface area contributed by atoms with Crippen molar-refractivity contribution in [3.8, 4) is 0 Å². The monoisotopic (exact) mass is 286 g/mol. The summed E-state index contributed by atoms with van der Waals surface area (Å²) < 4.78 is 43.2. The Morgan fingerprint density at radius 2 is 1.90 bits per heavy atom. The van der Waals surface area contributed by atoms with Gasteiger partial charge in [-0.05, 0) is 19.1 Å². The van der Waals surface area contributed by atoms with Crippen LogP contribution in [0.15, 0.2) is 22.7 Å². The number of rotatable bonds is 4. The Labute approximate surface area is 113 Å². The van der Waals surface area contributed by atoms with Gasteiger partial charge in [-0.2, -0.15) is 13.2 Å². The SMILES string of the molecule is CNc1cc(C(F)(F)F)cc(NCc2cc(C)no2)n1. The van der Waals surface area contributed by atoms with Gasteiger partial charge in [0.25, 0.3) is 0 Å². The Kier molecular flexibility index (Phi) is 3.82. The highest BCUT2D eigenvalue weighted by molar-refractivity contribution is 5.49. The minimum atomic E-state index is -4.42. The fourth-order valence-electron chi connectivity index (χ4n) is 1.59. The Morgan fingerprint density at radius 1 is 1.20 bits per heavy atom. The van der Waals surface area contributed by atoms with Crippen LogP contribution in [0.5, 0.6) is 0 Å². The molecule has 2 rings (SSSR count). The lowest BCUT2D eigenvalue weighted by atomic mass is 10.2. The first-order valence-corrected chi connectivity index (χ1v) is 5.81. The summed E-state index contributed by atoms with van der Waals surface area (Å²) in [6.07, 6.45) is -4.42. The van der Waals surface area contributed by atoms with Crippen LogP contribution in [0.1, 0.15) is 17.0 Å². The molecule has 0 unspecified atom stereocenters. The molecule has 0 aliphatic heterocycles. The lowest BCUT2D eigenvalue weighted by Gasteiger charge is -2.11. The summed E-state index contributed by atoms with van der Waals surface area (Å²) in [5, 5.41) is 9.06. The second-order valence-corrected chi connectivity index (χ2v) is 4.16. The van der Waals surface area contributed by atoms with E-state index in [1.165, 1.54) is 7.05 Å². The smallest absolute Gasteiger partial charge is 0.373 e. The quantitative estimate of drug-likeness (QED) is 0.904. The third-order valence-corrected chi connectivity index (χ3v) is 2.53. The maximum atomic E-state index is 12.7. The van der Waals surface area contributed by atoms with Crippen molar-refractivity contribution in [2.24, 2.45) is 0 Å². The average molecular weight is 286 g/mol. The number of halogens is 3. The van der Waals surface area contributed by atoms with Crippen molar-refractivity contribution in [3.05, 3.63) is 35.2 Å². The summed E-state index contributed by atoms with van der Waals surface area (Å²) in [6, 6.07) is 3.59. The summed E-state index contributed by atoms with van der Waals surface area (Å²) in [5.41, 5.74) is -0.0668. The largest absolute Gasteiger partial charge is 0.416 e. The van der Waals surface area contributed by atoms with Crippen LogP contribution < -0.4 is 10.6 Å². The van der Waals surface area contributed by atoms with Gasteiger partial charge in [-0.15, -0.1) is 0 Å². The molecular weight excluding hydrogens is 273 g/mol. The van der Waals surface area contributed by atoms with Gasteiger partial charge in [0, 0.05) is 13.1 Å². The predicted octanol–water partition coefficient (Wildman–Crippen LogP) is 3.05. The number of nitrogens with one attached hydrogen (secondary N) is 2. The molecular formula is C12H13F3N4O. The highest BCUT2D eigenvalue weighted by Gasteiger charge is 2.31. The van der Waals surface area contributed by atoms with Crippen molar-refractivity contribution in [2.75, 3.05) is 17.7 Å². The minimum absolute atomic E-state index is 0.109. The lowest BCUT2D eigenvalue weighted by molar-refractivity contribution is -0.137. The maximum absolute atomic E-state index is 12.7. The summed E-state index contributed by atoms with van der Waals surface area (Å²) in [5.74, 6) is 0.766. The van der Waals surface area contributed by atoms with Crippen LogP contribution in [0.4, 0.5) is 24.8 Å². The molecule has 2 heterocycles. The first-order valence-electron chi connectivity index (χ1n) is 5.81. The van der Waals surface area contributed by atoms with Gasteiger partial charge in [0.05, 0.1) is 17.8 Å². The zero-order valence-electron chi connectivity index (χ0n) is 10.9. The van der Waals surface area contributed by atoms with Crippen molar-refractivity contribution < 1.29 is 17.7 Å². The third kappa shape index (κ3) is 3.40. The Morgan fingerprint density at radius 3 is 2.45 bits per heavy atom. The van der Waals surface area contributed by atoms with Gasteiger partial charge in [0.1, 0.15) is 11.6 Å². The van der Waals surface area contributed by atoms with E-state index in [-0.39, 0.29) is 18.2 Å². The van der Waals surface area contributed by atoms with Crippen LogP contribution in [-0.4, -0.2) is 17.2 Å². The van der Waals surface area contributed by atoms with E-state index in [1.54, 1.807) is 13.0 Å². The second-order valence-electron chi connectivity index (χ2n) is 4.16. The van der Waals surface area contributed by atoms with Crippen molar-refractivity contribution in [1.82, 2.24) is 10.1 Å². The molecule has 20 heavy (non-hydrogen) atoms. The highest BCUT2D eigenvalue weighted by atomic mass is 19.4. The van der Waals surface area contributed by atoms with E-state index in [9.17, 15) is 13.2 Å². The van der Waals surface area contributed by atoms with Gasteiger partial charge in [0.15, 0.2) is 5.76 Å². The molecule has 2 N–H and O–H groups in total. The molecule has 5 nitrogen and oxygen atoms in total. The fraction of sp³-hybridized carbons (Fsp3) is 0.333. The molecule has 0 aliphatic carbocycles. The van der Waals surface area contributed by atoms with Crippen molar-refractivity contribution >= 4 is 11.6 Å². The molecule has 0 radical (unpaired) electrons. The van der Waals surface area contributed by atoms with E-state index in [0.29, 0.717) is 11.5 Å². The summed E-state index contributed by atoms with van der Waals surface area (Å²) in [7, 11) is 1.51. The van der Waals surface area contributed by atoms with Crippen LogP contribution in [0.3, 0.4) is 0 Å². The number of pyridine rings is 1. The second kappa shape index (κ2) is 5.40. The molecule has 2 aromatic rings. The zero-order valence-corrected chi connectivity index (χ0v) is 10.9. The number of anilines is 2. The molecule has 0 atom stereocenters. The minimum Gasteiger partial charge on any atom is -0.373 e. The maximum Gasteiger partial charge on any atom is 0.416 e. The number of aromatic nitrogens is 2. The van der Waals surface area contributed by atoms with Gasteiger partial charge in [-0.25, -0.2) is 4.98 Å². The van der Waals surface area contributed by atoms with E-state index in [2.05, 4.69) is 20.8 Å². The van der Waals surface area contributed by atoms with Gasteiger partial charge >= 0.3 is 6.18 Å². The van der Waals surface area contributed by atoms with Crippen LogP contribution in [-0.2, 0) is 12.7 Å². The molecule has 0 saturated heterocycles. The molecule has 0 saturated carbocycles. The number of nitrogens with zero attached hydrogens (tertiary/aromatic N) is 2. The molecule has 0 spiro atoms. The van der Waals surface area contributed by atoms with Crippen molar-refractivity contribution in [2.45, 2.75) is 19.6 Å². The van der Waals surface area contributed by atoms with Crippen LogP contribution in [0.2, 0.25) is 0 Å². The van der Waals surface area contributed by atoms with Gasteiger partial charge in [0.2, 0.25) is 0 Å². The van der Waals surface area contributed by atoms with Gasteiger partial charge < -0.3 is 15.2 Å².